The third kappa shape index (κ3) is 2.88. The number of halogens is 1. The number of nitriles is 1. The summed E-state index contributed by atoms with van der Waals surface area (Å²) in [6, 6.07) is 13.7. The zero-order chi connectivity index (χ0) is 19.0. The van der Waals surface area contributed by atoms with E-state index in [0.29, 0.717) is 36.8 Å². The van der Waals surface area contributed by atoms with Crippen molar-refractivity contribution in [1.29, 1.82) is 5.26 Å². The maximum atomic E-state index is 11.2. The second-order valence-corrected chi connectivity index (χ2v) is 6.94. The molecule has 2 aromatic heterocycles. The van der Waals surface area contributed by atoms with Crippen LogP contribution in [0.5, 0.6) is 0 Å². The Morgan fingerprint density at radius 2 is 2.00 bits per heavy atom. The van der Waals surface area contributed by atoms with Gasteiger partial charge in [-0.3, -0.25) is 4.98 Å². The first-order valence-electron chi connectivity index (χ1n) is 8.53. The molecule has 3 heterocycles. The molecule has 0 radical (unpaired) electrons. The van der Waals surface area contributed by atoms with Gasteiger partial charge < -0.3 is 10.0 Å². The first-order valence-corrected chi connectivity index (χ1v) is 8.91. The Morgan fingerprint density at radius 3 is 2.70 bits per heavy atom. The molecule has 0 aliphatic carbocycles. The summed E-state index contributed by atoms with van der Waals surface area (Å²) < 4.78 is 1.74. The van der Waals surface area contributed by atoms with Crippen molar-refractivity contribution in [3.8, 4) is 11.8 Å². The van der Waals surface area contributed by atoms with Gasteiger partial charge in [-0.2, -0.15) is 10.4 Å². The minimum Gasteiger partial charge on any atom is -0.465 e. The van der Waals surface area contributed by atoms with Crippen LogP contribution in [0.1, 0.15) is 18.5 Å². The van der Waals surface area contributed by atoms with E-state index in [-0.39, 0.29) is 0 Å². The van der Waals surface area contributed by atoms with Gasteiger partial charge in [0.05, 0.1) is 23.0 Å². The number of benzene rings is 1. The van der Waals surface area contributed by atoms with E-state index in [0.717, 1.165) is 16.6 Å². The third-order valence-corrected chi connectivity index (χ3v) is 5.40. The van der Waals surface area contributed by atoms with Crippen LogP contribution < -0.4 is 0 Å². The molecule has 0 atom stereocenters. The number of aromatic nitrogens is 3. The van der Waals surface area contributed by atoms with Crippen LogP contribution in [0.2, 0.25) is 5.15 Å². The Morgan fingerprint density at radius 1 is 1.26 bits per heavy atom. The van der Waals surface area contributed by atoms with Gasteiger partial charge in [-0.1, -0.05) is 23.7 Å². The highest BCUT2D eigenvalue weighted by atomic mass is 35.5. The second-order valence-electron chi connectivity index (χ2n) is 6.58. The summed E-state index contributed by atoms with van der Waals surface area (Å²) in [7, 11) is 0. The molecular formula is C19H16ClN5O2. The number of para-hydroxylation sites is 1. The van der Waals surface area contributed by atoms with Gasteiger partial charge in [-0.05, 0) is 37.1 Å². The van der Waals surface area contributed by atoms with Crippen LogP contribution in [0.4, 0.5) is 4.79 Å². The highest BCUT2D eigenvalue weighted by Gasteiger charge is 2.39. The molecule has 1 aliphatic heterocycles. The lowest BCUT2D eigenvalue weighted by atomic mass is 9.76. The number of piperidine rings is 1. The number of carbonyl (C=O) groups is 1. The SMILES string of the molecule is N#CC1(c2cc(-n3nc(Cl)c4ccccc43)ccn2)CCN(C(=O)O)CC1. The average Bonchev–Trinajstić information content (AvgIpc) is 3.05. The van der Waals surface area contributed by atoms with Gasteiger partial charge in [-0.25, -0.2) is 9.48 Å². The summed E-state index contributed by atoms with van der Waals surface area (Å²) in [6.45, 7) is 0.622. The lowest BCUT2D eigenvalue weighted by molar-refractivity contribution is 0.124. The Hall–Kier alpha value is -3.11. The molecular weight excluding hydrogens is 366 g/mol. The summed E-state index contributed by atoms with van der Waals surface area (Å²) >= 11 is 6.26. The molecule has 1 N–H and O–H groups in total. The molecule has 3 aromatic rings. The first kappa shape index (κ1) is 17.3. The van der Waals surface area contributed by atoms with Crippen molar-refractivity contribution in [3.05, 3.63) is 53.4 Å². The molecule has 0 unspecified atom stereocenters. The highest BCUT2D eigenvalue weighted by molar-refractivity contribution is 6.34. The van der Waals surface area contributed by atoms with E-state index >= 15 is 0 Å². The van der Waals surface area contributed by atoms with Crippen LogP contribution in [0.15, 0.2) is 42.6 Å². The molecule has 1 saturated heterocycles. The highest BCUT2D eigenvalue weighted by Crippen LogP contribution is 2.35. The van der Waals surface area contributed by atoms with Crippen LogP contribution in [-0.2, 0) is 5.41 Å². The lowest BCUT2D eigenvalue weighted by Crippen LogP contribution is -2.44. The van der Waals surface area contributed by atoms with E-state index in [1.807, 2.05) is 36.4 Å². The number of likely N-dealkylation sites (tertiary alicyclic amines) is 1. The molecule has 0 saturated carbocycles. The van der Waals surface area contributed by atoms with Crippen molar-refractivity contribution in [1.82, 2.24) is 19.7 Å². The maximum absolute atomic E-state index is 11.2. The minimum absolute atomic E-state index is 0.311. The molecule has 4 rings (SSSR count). The van der Waals surface area contributed by atoms with Crippen LogP contribution in [0.3, 0.4) is 0 Å². The minimum atomic E-state index is -0.957. The van der Waals surface area contributed by atoms with E-state index in [2.05, 4.69) is 16.2 Å². The molecule has 0 bridgehead atoms. The Bertz CT molecular complexity index is 1060. The zero-order valence-electron chi connectivity index (χ0n) is 14.3. The molecule has 1 amide bonds. The van der Waals surface area contributed by atoms with Gasteiger partial charge in [0.2, 0.25) is 0 Å². The molecule has 8 heteroatoms. The quantitative estimate of drug-likeness (QED) is 0.731. The number of carboxylic acid groups (broad SMARTS) is 1. The fourth-order valence-electron chi connectivity index (χ4n) is 3.54. The van der Waals surface area contributed by atoms with E-state index in [9.17, 15) is 10.1 Å². The fraction of sp³-hybridized carbons (Fsp3) is 0.263. The normalized spacial score (nSPS) is 16.2. The van der Waals surface area contributed by atoms with Crippen molar-refractivity contribution >= 4 is 28.6 Å². The second kappa shape index (κ2) is 6.56. The van der Waals surface area contributed by atoms with Crippen molar-refractivity contribution < 1.29 is 9.90 Å². The predicted molar refractivity (Wildman–Crippen MR) is 100.0 cm³/mol. The van der Waals surface area contributed by atoms with Gasteiger partial charge in [0.15, 0.2) is 5.15 Å². The summed E-state index contributed by atoms with van der Waals surface area (Å²) in [5.41, 5.74) is 1.45. The Kier molecular flexibility index (Phi) is 4.21. The fourth-order valence-corrected chi connectivity index (χ4v) is 3.78. The van der Waals surface area contributed by atoms with Crippen LogP contribution >= 0.6 is 11.6 Å². The van der Waals surface area contributed by atoms with E-state index in [1.165, 1.54) is 4.90 Å². The van der Waals surface area contributed by atoms with Crippen molar-refractivity contribution in [2.75, 3.05) is 13.1 Å². The molecule has 1 fully saturated rings. The largest absolute Gasteiger partial charge is 0.465 e. The lowest BCUT2D eigenvalue weighted by Gasteiger charge is -2.35. The van der Waals surface area contributed by atoms with Gasteiger partial charge in [0.25, 0.3) is 0 Å². The van der Waals surface area contributed by atoms with Crippen LogP contribution in [0, 0.1) is 11.3 Å². The van der Waals surface area contributed by atoms with Crippen molar-refractivity contribution in [2.24, 2.45) is 0 Å². The first-order chi connectivity index (χ1) is 13.0. The summed E-state index contributed by atoms with van der Waals surface area (Å²) in [5.74, 6) is 0. The van der Waals surface area contributed by atoms with Gasteiger partial charge in [-0.15, -0.1) is 0 Å². The molecule has 1 aliphatic rings. The van der Waals surface area contributed by atoms with Crippen molar-refractivity contribution in [3.63, 3.8) is 0 Å². The summed E-state index contributed by atoms with van der Waals surface area (Å²) in [4.78, 5) is 16.9. The van der Waals surface area contributed by atoms with Gasteiger partial charge in [0, 0.05) is 24.7 Å². The van der Waals surface area contributed by atoms with Crippen LogP contribution in [-0.4, -0.2) is 44.0 Å². The Labute approximate surface area is 160 Å². The smallest absolute Gasteiger partial charge is 0.407 e. The monoisotopic (exact) mass is 381 g/mol. The third-order valence-electron chi connectivity index (χ3n) is 5.12. The topological polar surface area (TPSA) is 95.0 Å². The number of rotatable bonds is 2. The van der Waals surface area contributed by atoms with Crippen molar-refractivity contribution in [2.45, 2.75) is 18.3 Å². The number of nitrogens with zero attached hydrogens (tertiary/aromatic N) is 5. The number of pyridine rings is 1. The zero-order valence-corrected chi connectivity index (χ0v) is 15.1. The molecule has 136 valence electrons. The number of amides is 1. The van der Waals surface area contributed by atoms with E-state index in [1.54, 1.807) is 10.9 Å². The standard InChI is InChI=1S/C19H16ClN5O2/c20-17-14-3-1-2-4-15(14)25(23-17)13-5-8-22-16(11-13)19(12-21)6-9-24(10-7-19)18(26)27/h1-5,8,11H,6-7,9-10H2,(H,26,27). The average molecular weight is 382 g/mol. The molecule has 27 heavy (non-hydrogen) atoms. The van der Waals surface area contributed by atoms with Gasteiger partial charge >= 0.3 is 6.09 Å². The number of fused-ring (bicyclic) bond motifs is 1. The van der Waals surface area contributed by atoms with E-state index < -0.39 is 11.5 Å². The Balaban J connectivity index is 1.74. The van der Waals surface area contributed by atoms with E-state index in [4.69, 9.17) is 16.7 Å². The van der Waals surface area contributed by atoms with Gasteiger partial charge in [0.1, 0.15) is 5.41 Å². The molecule has 0 spiro atoms. The summed E-state index contributed by atoms with van der Waals surface area (Å²) in [6.07, 6.45) is 1.51. The molecule has 1 aromatic carbocycles. The number of hydrogen-bond donors (Lipinski definition) is 1. The summed E-state index contributed by atoms with van der Waals surface area (Å²) in [5, 5.41) is 24.7. The number of hydrogen-bond acceptors (Lipinski definition) is 4. The molecule has 7 nitrogen and oxygen atoms in total. The van der Waals surface area contributed by atoms with Crippen LogP contribution in [0.25, 0.3) is 16.6 Å². The predicted octanol–water partition coefficient (Wildman–Crippen LogP) is 3.61. The maximum Gasteiger partial charge on any atom is 0.407 e.